The van der Waals surface area contributed by atoms with Crippen LogP contribution in [0.2, 0.25) is 0 Å². The quantitative estimate of drug-likeness (QED) is 0.294. The number of para-hydroxylation sites is 1. The summed E-state index contributed by atoms with van der Waals surface area (Å²) in [6, 6.07) is 11.5. The second-order valence-corrected chi connectivity index (χ2v) is 9.08. The lowest BCUT2D eigenvalue weighted by molar-refractivity contribution is 0.112. The highest BCUT2D eigenvalue weighted by molar-refractivity contribution is 7.89. The average molecular weight is 479 g/mol. The van der Waals surface area contributed by atoms with E-state index >= 15 is 0 Å². The zero-order valence-electron chi connectivity index (χ0n) is 18.6. The molecule has 0 saturated carbocycles. The Hall–Kier alpha value is -3.82. The van der Waals surface area contributed by atoms with Crippen LogP contribution in [0.1, 0.15) is 23.2 Å². The molecule has 8 nitrogen and oxygen atoms in total. The summed E-state index contributed by atoms with van der Waals surface area (Å²) >= 11 is 0. The van der Waals surface area contributed by atoms with Crippen molar-refractivity contribution < 1.29 is 17.9 Å². The highest BCUT2D eigenvalue weighted by Gasteiger charge is 2.25. The van der Waals surface area contributed by atoms with Crippen LogP contribution in [0.4, 0.5) is 5.69 Å². The Morgan fingerprint density at radius 2 is 2.03 bits per heavy atom. The molecule has 0 aliphatic carbocycles. The molecule has 0 fully saturated rings. The number of rotatable bonds is 11. The number of carbonyl (C=O) groups is 1. The summed E-state index contributed by atoms with van der Waals surface area (Å²) in [4.78, 5) is 21.4. The second kappa shape index (κ2) is 11.4. The van der Waals surface area contributed by atoms with Gasteiger partial charge in [-0.3, -0.25) is 14.8 Å². The van der Waals surface area contributed by atoms with Crippen LogP contribution >= 0.6 is 0 Å². The second-order valence-electron chi connectivity index (χ2n) is 7.55. The molecule has 1 heterocycles. The molecule has 2 N–H and O–H groups in total. The highest BCUT2D eigenvalue weighted by Crippen LogP contribution is 2.40. The monoisotopic (exact) mass is 478 g/mol. The number of hydrogen-bond donors (Lipinski definition) is 1. The molecule has 0 saturated heterocycles. The molecule has 0 unspecified atom stereocenters. The summed E-state index contributed by atoms with van der Waals surface area (Å²) in [5, 5.41) is 5.54. The van der Waals surface area contributed by atoms with Gasteiger partial charge in [-0.05, 0) is 55.0 Å². The molecule has 1 aliphatic rings. The molecule has 3 rings (SSSR count). The molecular weight excluding hydrogens is 452 g/mol. The van der Waals surface area contributed by atoms with Crippen molar-refractivity contribution in [2.24, 2.45) is 15.1 Å². The number of anilines is 1. The Morgan fingerprint density at radius 1 is 1.26 bits per heavy atom. The summed E-state index contributed by atoms with van der Waals surface area (Å²) < 4.78 is 31.1. The normalized spacial score (nSPS) is 13.7. The van der Waals surface area contributed by atoms with Gasteiger partial charge < -0.3 is 9.64 Å². The molecule has 2 aromatic rings. The third kappa shape index (κ3) is 6.37. The van der Waals surface area contributed by atoms with Gasteiger partial charge in [-0.2, -0.15) is 0 Å². The molecule has 1 aliphatic heterocycles. The van der Waals surface area contributed by atoms with Crippen LogP contribution in [0.5, 0.6) is 11.5 Å². The van der Waals surface area contributed by atoms with E-state index in [-0.39, 0.29) is 16.2 Å². The van der Waals surface area contributed by atoms with Gasteiger partial charge in [0, 0.05) is 37.3 Å². The summed E-state index contributed by atoms with van der Waals surface area (Å²) in [6.07, 6.45) is 8.97. The van der Waals surface area contributed by atoms with E-state index in [2.05, 4.69) is 23.3 Å². The van der Waals surface area contributed by atoms with Crippen LogP contribution in [0.3, 0.4) is 0 Å². The minimum absolute atomic E-state index is 0.0224. The zero-order chi connectivity index (χ0) is 24.6. The number of benzene rings is 2. The van der Waals surface area contributed by atoms with E-state index in [0.29, 0.717) is 30.8 Å². The van der Waals surface area contributed by atoms with Crippen molar-refractivity contribution in [2.75, 3.05) is 18.0 Å². The van der Waals surface area contributed by atoms with Crippen molar-refractivity contribution in [1.82, 2.24) is 0 Å². The van der Waals surface area contributed by atoms with E-state index in [1.807, 2.05) is 17.2 Å². The van der Waals surface area contributed by atoms with Crippen LogP contribution < -0.4 is 14.8 Å². The number of hydrogen-bond acceptors (Lipinski definition) is 7. The first-order chi connectivity index (χ1) is 16.4. The number of aliphatic imine (C=N–C) groups is 2. The van der Waals surface area contributed by atoms with Gasteiger partial charge in [-0.1, -0.05) is 30.9 Å². The van der Waals surface area contributed by atoms with Gasteiger partial charge in [0.05, 0.1) is 5.69 Å². The fourth-order valence-corrected chi connectivity index (χ4v) is 4.17. The molecule has 0 amide bonds. The van der Waals surface area contributed by atoms with E-state index in [1.165, 1.54) is 6.07 Å². The van der Waals surface area contributed by atoms with E-state index < -0.39 is 10.0 Å². The Labute approximate surface area is 199 Å². The van der Waals surface area contributed by atoms with Gasteiger partial charge in [0.2, 0.25) is 10.0 Å². The molecule has 0 atom stereocenters. The Balaban J connectivity index is 2.24. The number of primary sulfonamides is 1. The largest absolute Gasteiger partial charge is 0.454 e. The first kappa shape index (κ1) is 24.8. The first-order valence-corrected chi connectivity index (χ1v) is 12.0. The molecule has 34 heavy (non-hydrogen) atoms. The van der Waals surface area contributed by atoms with Crippen molar-refractivity contribution in [2.45, 2.75) is 17.7 Å². The third-order valence-corrected chi connectivity index (χ3v) is 5.96. The lowest BCUT2D eigenvalue weighted by atomic mass is 10.1. The smallest absolute Gasteiger partial charge is 0.241 e. The predicted octanol–water partition coefficient (Wildman–Crippen LogP) is 4.26. The van der Waals surface area contributed by atoms with Crippen molar-refractivity contribution in [3.8, 4) is 11.5 Å². The van der Waals surface area contributed by atoms with Crippen LogP contribution in [0, 0.1) is 0 Å². The summed E-state index contributed by atoms with van der Waals surface area (Å²) in [7, 11) is -4.23. The van der Waals surface area contributed by atoms with Crippen molar-refractivity contribution in [3.05, 3.63) is 84.2 Å². The number of sulfonamides is 1. The van der Waals surface area contributed by atoms with Crippen LogP contribution in [-0.4, -0.2) is 40.7 Å². The van der Waals surface area contributed by atoms with Crippen molar-refractivity contribution >= 4 is 34.9 Å². The lowest BCUT2D eigenvalue weighted by Crippen LogP contribution is -2.29. The maximum Gasteiger partial charge on any atom is 0.241 e. The van der Waals surface area contributed by atoms with Crippen LogP contribution in [0.25, 0.3) is 0 Å². The molecule has 0 bridgehead atoms. The number of ether oxygens (including phenoxy) is 1. The van der Waals surface area contributed by atoms with Crippen LogP contribution in [0.15, 0.2) is 93.5 Å². The number of carbonyl (C=O) groups excluding carboxylic acids is 1. The van der Waals surface area contributed by atoms with Gasteiger partial charge in [-0.25, -0.2) is 13.6 Å². The third-order valence-electron chi connectivity index (χ3n) is 5.05. The minimum Gasteiger partial charge on any atom is -0.454 e. The lowest BCUT2D eigenvalue weighted by Gasteiger charge is -2.29. The van der Waals surface area contributed by atoms with E-state index in [0.717, 1.165) is 24.0 Å². The number of aldehydes is 1. The van der Waals surface area contributed by atoms with Crippen molar-refractivity contribution in [3.63, 3.8) is 0 Å². The van der Waals surface area contributed by atoms with Gasteiger partial charge >= 0.3 is 0 Å². The fraction of sp³-hybridized carbons (Fsp3) is 0.160. The van der Waals surface area contributed by atoms with Gasteiger partial charge in [0.15, 0.2) is 5.75 Å². The first-order valence-electron chi connectivity index (χ1n) is 10.5. The minimum atomic E-state index is -4.23. The standard InChI is InChI=1S/C25H26N4O4S/c1-3-19(14-27-2)16-29(17-20-8-7-11-28-15-20)23-12-21(18-30)13-24(34(26,31)32)25(23)33-22-9-5-4-6-10-22/h3-6,9-15,18H,1-2,7-8,16-17H2,(H2,26,31,32)/b19-14+. The summed E-state index contributed by atoms with van der Waals surface area (Å²) in [5.74, 6) is 0.440. The van der Waals surface area contributed by atoms with E-state index in [9.17, 15) is 13.2 Å². The maximum atomic E-state index is 12.5. The van der Waals surface area contributed by atoms with E-state index in [4.69, 9.17) is 9.88 Å². The van der Waals surface area contributed by atoms with Crippen molar-refractivity contribution in [1.29, 1.82) is 0 Å². The molecule has 9 heteroatoms. The van der Waals surface area contributed by atoms with E-state index in [1.54, 1.807) is 48.8 Å². The maximum absolute atomic E-state index is 12.5. The SMILES string of the molecule is C=C/C(=C\N=C)CN(CC1=CN=CCC1)c1cc(C=O)cc(S(N)(=O)=O)c1Oc1ccccc1. The number of nitrogens with two attached hydrogens (primary N) is 1. The van der Waals surface area contributed by atoms with Gasteiger partial charge in [-0.15, -0.1) is 0 Å². The molecule has 0 aromatic heterocycles. The highest BCUT2D eigenvalue weighted by atomic mass is 32.2. The molecule has 0 radical (unpaired) electrons. The Bertz CT molecular complexity index is 1270. The zero-order valence-corrected chi connectivity index (χ0v) is 19.4. The van der Waals surface area contributed by atoms with Gasteiger partial charge in [0.1, 0.15) is 16.9 Å². The summed E-state index contributed by atoms with van der Waals surface area (Å²) in [5.41, 5.74) is 2.28. The Morgan fingerprint density at radius 3 is 2.62 bits per heavy atom. The average Bonchev–Trinajstić information content (AvgIpc) is 2.84. The molecule has 2 aromatic carbocycles. The fourth-order valence-electron chi connectivity index (χ4n) is 3.47. The van der Waals surface area contributed by atoms with Gasteiger partial charge in [0.25, 0.3) is 0 Å². The molecule has 176 valence electrons. The Kier molecular flexibility index (Phi) is 8.29. The predicted molar refractivity (Wildman–Crippen MR) is 136 cm³/mol. The summed E-state index contributed by atoms with van der Waals surface area (Å²) in [6.45, 7) is 8.02. The topological polar surface area (TPSA) is 114 Å². The number of nitrogens with zero attached hydrogens (tertiary/aromatic N) is 3. The molecular formula is C25H26N4O4S. The van der Waals surface area contributed by atoms with Crippen LogP contribution in [-0.2, 0) is 10.0 Å². The molecule has 0 spiro atoms.